The number of nitrogens with one attached hydrogen (secondary N) is 2. The topological polar surface area (TPSA) is 69.6 Å². The third-order valence-corrected chi connectivity index (χ3v) is 3.75. The molecule has 6 nitrogen and oxygen atoms in total. The number of pyridine rings is 1. The van der Waals surface area contributed by atoms with Crippen molar-refractivity contribution in [1.29, 1.82) is 0 Å². The molecular weight excluding hydrogens is 424 g/mol. The highest BCUT2D eigenvalue weighted by molar-refractivity contribution is 14.0. The average molecular weight is 449 g/mol. The second-order valence-electron chi connectivity index (χ2n) is 5.45. The van der Waals surface area contributed by atoms with Crippen LogP contribution in [-0.2, 0) is 11.3 Å². The van der Waals surface area contributed by atoms with Crippen LogP contribution in [0.1, 0.15) is 32.4 Å². The Morgan fingerprint density at radius 3 is 2.96 bits per heavy atom. The molecule has 0 radical (unpaired) electrons. The number of aromatic nitrogens is 1. The Morgan fingerprint density at radius 2 is 2.29 bits per heavy atom. The van der Waals surface area contributed by atoms with Crippen LogP contribution in [0.3, 0.4) is 0 Å². The molecule has 1 atom stereocenters. The predicted octanol–water partition coefficient (Wildman–Crippen LogP) is 1.90. The van der Waals surface area contributed by atoms with E-state index >= 15 is 0 Å². The molecule has 134 valence electrons. The van der Waals surface area contributed by atoms with Gasteiger partial charge in [0.15, 0.2) is 5.96 Å². The van der Waals surface area contributed by atoms with Gasteiger partial charge in [0.25, 0.3) is 0 Å². The van der Waals surface area contributed by atoms with E-state index < -0.39 is 0 Å². The van der Waals surface area contributed by atoms with Gasteiger partial charge in [0.2, 0.25) is 5.91 Å². The maximum absolute atomic E-state index is 13.6. The fourth-order valence-electron chi connectivity index (χ4n) is 2.53. The van der Waals surface area contributed by atoms with Gasteiger partial charge in [-0.25, -0.2) is 9.38 Å². The summed E-state index contributed by atoms with van der Waals surface area (Å²) in [5, 5.41) is 6.45. The van der Waals surface area contributed by atoms with E-state index in [1.807, 2.05) is 18.7 Å². The van der Waals surface area contributed by atoms with Crippen molar-refractivity contribution in [2.75, 3.05) is 19.6 Å². The summed E-state index contributed by atoms with van der Waals surface area (Å²) in [5.74, 6) is 0.438. The summed E-state index contributed by atoms with van der Waals surface area (Å²) in [6, 6.07) is 3.10. The molecule has 0 bridgehead atoms. The van der Waals surface area contributed by atoms with Crippen molar-refractivity contribution in [1.82, 2.24) is 20.5 Å². The number of guanidine groups is 1. The molecule has 1 amide bonds. The second kappa shape index (κ2) is 10.4. The number of hydrogen-bond acceptors (Lipinski definition) is 3. The highest BCUT2D eigenvalue weighted by Crippen LogP contribution is 2.10. The fourth-order valence-corrected chi connectivity index (χ4v) is 2.53. The van der Waals surface area contributed by atoms with Gasteiger partial charge >= 0.3 is 0 Å². The number of nitrogens with zero attached hydrogens (tertiary/aromatic N) is 3. The molecule has 2 heterocycles. The summed E-state index contributed by atoms with van der Waals surface area (Å²) in [6.45, 7) is 6.16. The van der Waals surface area contributed by atoms with Gasteiger partial charge in [-0.05, 0) is 25.5 Å². The van der Waals surface area contributed by atoms with Gasteiger partial charge in [-0.1, -0.05) is 6.92 Å². The Kier molecular flexibility index (Phi) is 8.94. The molecule has 0 aromatic carbocycles. The van der Waals surface area contributed by atoms with E-state index in [0.717, 1.165) is 13.0 Å². The number of carbonyl (C=O) groups is 1. The molecule has 0 saturated carbocycles. The maximum atomic E-state index is 13.6. The first kappa shape index (κ1) is 20.6. The highest BCUT2D eigenvalue weighted by Gasteiger charge is 2.25. The molecule has 1 fully saturated rings. The lowest BCUT2D eigenvalue weighted by Gasteiger charge is -2.18. The normalized spacial score (nSPS) is 17.4. The molecule has 2 N–H and O–H groups in total. The van der Waals surface area contributed by atoms with Gasteiger partial charge < -0.3 is 15.5 Å². The third kappa shape index (κ3) is 5.88. The number of rotatable bonds is 5. The first-order valence-electron chi connectivity index (χ1n) is 8.06. The van der Waals surface area contributed by atoms with Crippen LogP contribution in [0.4, 0.5) is 4.39 Å². The summed E-state index contributed by atoms with van der Waals surface area (Å²) in [5.41, 5.74) is 0.318. The van der Waals surface area contributed by atoms with Crippen LogP contribution in [0.2, 0.25) is 0 Å². The molecule has 1 aliphatic rings. The molecule has 0 spiro atoms. The third-order valence-electron chi connectivity index (χ3n) is 3.75. The smallest absolute Gasteiger partial charge is 0.222 e. The SMILES string of the molecule is CCNC(=NCc1ncccc1F)NC1CCN(C(=O)CC)C1.I. The summed E-state index contributed by atoms with van der Waals surface area (Å²) in [7, 11) is 0. The molecular formula is C16H25FIN5O. The number of halogens is 2. The Morgan fingerprint density at radius 1 is 1.50 bits per heavy atom. The first-order valence-corrected chi connectivity index (χ1v) is 8.06. The van der Waals surface area contributed by atoms with Gasteiger partial charge in [-0.2, -0.15) is 0 Å². The minimum Gasteiger partial charge on any atom is -0.357 e. The molecule has 1 aliphatic heterocycles. The number of carbonyl (C=O) groups excluding carboxylic acids is 1. The number of aliphatic imine (C=N–C) groups is 1. The van der Waals surface area contributed by atoms with Crippen molar-refractivity contribution in [3.8, 4) is 0 Å². The largest absolute Gasteiger partial charge is 0.357 e. The standard InChI is InChI=1S/C16H24FN5O.HI/c1-3-15(23)22-9-7-12(11-22)21-16(18-4-2)20-10-14-13(17)6-5-8-19-14;/h5-6,8,12H,3-4,7,9-11H2,1-2H3,(H2,18,20,21);1H. The minimum atomic E-state index is -0.354. The Hall–Kier alpha value is -1.45. The van der Waals surface area contributed by atoms with Crippen LogP contribution in [0.15, 0.2) is 23.3 Å². The van der Waals surface area contributed by atoms with E-state index in [4.69, 9.17) is 0 Å². The van der Waals surface area contributed by atoms with Crippen molar-refractivity contribution in [2.24, 2.45) is 4.99 Å². The molecule has 0 aliphatic carbocycles. The summed E-state index contributed by atoms with van der Waals surface area (Å²) < 4.78 is 13.6. The Labute approximate surface area is 159 Å². The first-order chi connectivity index (χ1) is 11.1. The lowest BCUT2D eigenvalue weighted by Crippen LogP contribution is -2.45. The number of amides is 1. The van der Waals surface area contributed by atoms with Crippen LogP contribution in [0.25, 0.3) is 0 Å². The van der Waals surface area contributed by atoms with Crippen molar-refractivity contribution in [3.05, 3.63) is 29.8 Å². The summed E-state index contributed by atoms with van der Waals surface area (Å²) in [4.78, 5) is 22.0. The highest BCUT2D eigenvalue weighted by atomic mass is 127. The number of likely N-dealkylation sites (tertiary alicyclic amines) is 1. The van der Waals surface area contributed by atoms with Crippen LogP contribution in [0.5, 0.6) is 0 Å². The molecule has 2 rings (SSSR count). The summed E-state index contributed by atoms with van der Waals surface area (Å²) >= 11 is 0. The lowest BCUT2D eigenvalue weighted by atomic mass is 10.3. The van der Waals surface area contributed by atoms with Gasteiger partial charge in [-0.15, -0.1) is 24.0 Å². The minimum absolute atomic E-state index is 0. The molecule has 1 aromatic rings. The molecule has 8 heteroatoms. The predicted molar refractivity (Wildman–Crippen MR) is 103 cm³/mol. The molecule has 24 heavy (non-hydrogen) atoms. The van der Waals surface area contributed by atoms with E-state index in [1.54, 1.807) is 12.3 Å². The van der Waals surface area contributed by atoms with E-state index in [0.29, 0.717) is 31.2 Å². The molecule has 1 aromatic heterocycles. The van der Waals surface area contributed by atoms with Gasteiger partial charge in [-0.3, -0.25) is 9.78 Å². The molecule has 1 saturated heterocycles. The zero-order valence-electron chi connectivity index (χ0n) is 14.1. The van der Waals surface area contributed by atoms with Crippen LogP contribution < -0.4 is 10.6 Å². The van der Waals surface area contributed by atoms with Crippen molar-refractivity contribution in [3.63, 3.8) is 0 Å². The Bertz CT molecular complexity index is 569. The van der Waals surface area contributed by atoms with Gasteiger partial charge in [0.1, 0.15) is 5.82 Å². The van der Waals surface area contributed by atoms with Crippen LogP contribution in [0, 0.1) is 5.82 Å². The lowest BCUT2D eigenvalue weighted by molar-refractivity contribution is -0.129. The Balaban J connectivity index is 0.00000288. The zero-order chi connectivity index (χ0) is 16.7. The van der Waals surface area contributed by atoms with E-state index in [-0.39, 0.29) is 48.3 Å². The maximum Gasteiger partial charge on any atom is 0.222 e. The zero-order valence-corrected chi connectivity index (χ0v) is 16.4. The second-order valence-corrected chi connectivity index (χ2v) is 5.45. The fraction of sp³-hybridized carbons (Fsp3) is 0.562. The van der Waals surface area contributed by atoms with E-state index in [1.165, 1.54) is 6.07 Å². The number of hydrogen-bond donors (Lipinski definition) is 2. The van der Waals surface area contributed by atoms with Gasteiger partial charge in [0, 0.05) is 38.3 Å². The van der Waals surface area contributed by atoms with E-state index in [9.17, 15) is 9.18 Å². The van der Waals surface area contributed by atoms with Gasteiger partial charge in [0.05, 0.1) is 12.2 Å². The van der Waals surface area contributed by atoms with Crippen LogP contribution >= 0.6 is 24.0 Å². The van der Waals surface area contributed by atoms with Crippen molar-refractivity contribution in [2.45, 2.75) is 39.3 Å². The van der Waals surface area contributed by atoms with E-state index in [2.05, 4.69) is 20.6 Å². The quantitative estimate of drug-likeness (QED) is 0.410. The van der Waals surface area contributed by atoms with Crippen LogP contribution in [-0.4, -0.2) is 47.4 Å². The van der Waals surface area contributed by atoms with Crippen molar-refractivity contribution >= 4 is 35.8 Å². The molecule has 1 unspecified atom stereocenters. The monoisotopic (exact) mass is 449 g/mol. The summed E-state index contributed by atoms with van der Waals surface area (Å²) in [6.07, 6.45) is 2.97. The average Bonchev–Trinajstić information content (AvgIpc) is 3.02. The van der Waals surface area contributed by atoms with Crippen molar-refractivity contribution < 1.29 is 9.18 Å².